The van der Waals surface area contributed by atoms with E-state index in [1.54, 1.807) is 20.4 Å². The average Bonchev–Trinajstić information content (AvgIpc) is 2.61. The van der Waals surface area contributed by atoms with Gasteiger partial charge in [0.2, 0.25) is 0 Å². The molecule has 2 aromatic rings. The zero-order valence-corrected chi connectivity index (χ0v) is 14.4. The number of nitrogens with one attached hydrogen (secondary N) is 1. The van der Waals surface area contributed by atoms with Crippen molar-refractivity contribution in [3.63, 3.8) is 0 Å². The van der Waals surface area contributed by atoms with Crippen LogP contribution in [0.3, 0.4) is 0 Å². The maximum atomic E-state index is 5.42. The number of aromatic nitrogens is 1. The molecule has 1 aromatic heterocycles. The van der Waals surface area contributed by atoms with E-state index in [9.17, 15) is 0 Å². The molecule has 0 bridgehead atoms. The Morgan fingerprint density at radius 2 is 1.87 bits per heavy atom. The summed E-state index contributed by atoms with van der Waals surface area (Å²) >= 11 is 5.42. The van der Waals surface area contributed by atoms with Crippen molar-refractivity contribution in [2.75, 3.05) is 21.3 Å². The number of thiocarbonyl (C=S) groups is 1. The molecule has 0 saturated carbocycles. The summed E-state index contributed by atoms with van der Waals surface area (Å²) in [6.07, 6.45) is 3.61. The Labute approximate surface area is 142 Å². The van der Waals surface area contributed by atoms with Crippen molar-refractivity contribution in [3.8, 4) is 11.5 Å². The van der Waals surface area contributed by atoms with Crippen molar-refractivity contribution in [1.29, 1.82) is 0 Å². The molecule has 0 aliphatic carbocycles. The van der Waals surface area contributed by atoms with E-state index in [-0.39, 0.29) is 0 Å². The number of pyridine rings is 1. The SMILES string of the molecule is CNC(=S)N(Cc1cccnc1)Cc1ccc(OC)c(OC)c1. The predicted octanol–water partition coefficient (Wildman–Crippen LogP) is 2.61. The molecule has 0 saturated heterocycles. The molecule has 0 spiro atoms. The second kappa shape index (κ2) is 8.33. The van der Waals surface area contributed by atoms with Gasteiger partial charge in [0.15, 0.2) is 16.6 Å². The van der Waals surface area contributed by atoms with Crippen LogP contribution in [0.1, 0.15) is 11.1 Å². The molecule has 0 aliphatic heterocycles. The van der Waals surface area contributed by atoms with Crippen LogP contribution in [0.15, 0.2) is 42.7 Å². The van der Waals surface area contributed by atoms with Gasteiger partial charge in [-0.2, -0.15) is 0 Å². The molecule has 0 amide bonds. The van der Waals surface area contributed by atoms with Crippen LogP contribution >= 0.6 is 12.2 Å². The van der Waals surface area contributed by atoms with E-state index in [1.165, 1.54) is 0 Å². The van der Waals surface area contributed by atoms with Gasteiger partial charge in [-0.1, -0.05) is 12.1 Å². The van der Waals surface area contributed by atoms with Crippen molar-refractivity contribution in [1.82, 2.24) is 15.2 Å². The zero-order chi connectivity index (χ0) is 16.7. The van der Waals surface area contributed by atoms with Gasteiger partial charge in [0, 0.05) is 32.5 Å². The summed E-state index contributed by atoms with van der Waals surface area (Å²) in [5.41, 5.74) is 2.19. The van der Waals surface area contributed by atoms with E-state index in [0.717, 1.165) is 11.1 Å². The Bertz CT molecular complexity index is 650. The van der Waals surface area contributed by atoms with Crippen LogP contribution in [0.4, 0.5) is 0 Å². The first-order chi connectivity index (χ1) is 11.2. The topological polar surface area (TPSA) is 46.6 Å². The normalized spacial score (nSPS) is 10.0. The first kappa shape index (κ1) is 17.0. The van der Waals surface area contributed by atoms with Gasteiger partial charge >= 0.3 is 0 Å². The second-order valence-corrected chi connectivity index (χ2v) is 5.35. The maximum Gasteiger partial charge on any atom is 0.169 e. The molecule has 6 heteroatoms. The van der Waals surface area contributed by atoms with Crippen LogP contribution in [0.2, 0.25) is 0 Å². The van der Waals surface area contributed by atoms with E-state index in [1.807, 2.05) is 43.6 Å². The fraction of sp³-hybridized carbons (Fsp3) is 0.294. The van der Waals surface area contributed by atoms with Gasteiger partial charge in [-0.3, -0.25) is 4.98 Å². The molecule has 0 aliphatic rings. The number of hydrogen-bond donors (Lipinski definition) is 1. The fourth-order valence-electron chi connectivity index (χ4n) is 2.27. The van der Waals surface area contributed by atoms with Gasteiger partial charge < -0.3 is 19.7 Å². The highest BCUT2D eigenvalue weighted by Gasteiger charge is 2.12. The molecule has 1 N–H and O–H groups in total. The molecular formula is C17H21N3O2S. The van der Waals surface area contributed by atoms with Crippen molar-refractivity contribution in [2.45, 2.75) is 13.1 Å². The molecule has 0 unspecified atom stereocenters. The van der Waals surface area contributed by atoms with Gasteiger partial charge in [-0.15, -0.1) is 0 Å². The van der Waals surface area contributed by atoms with Gasteiger partial charge in [0.05, 0.1) is 14.2 Å². The van der Waals surface area contributed by atoms with Crippen molar-refractivity contribution >= 4 is 17.3 Å². The minimum absolute atomic E-state index is 0.662. The zero-order valence-electron chi connectivity index (χ0n) is 13.6. The van der Waals surface area contributed by atoms with E-state index in [4.69, 9.17) is 21.7 Å². The van der Waals surface area contributed by atoms with Crippen LogP contribution in [0.5, 0.6) is 11.5 Å². The first-order valence-electron chi connectivity index (χ1n) is 7.24. The minimum Gasteiger partial charge on any atom is -0.493 e. The van der Waals surface area contributed by atoms with Gasteiger partial charge in [0.1, 0.15) is 0 Å². The number of methoxy groups -OCH3 is 2. The van der Waals surface area contributed by atoms with Crippen molar-refractivity contribution < 1.29 is 9.47 Å². The van der Waals surface area contributed by atoms with Gasteiger partial charge in [0.25, 0.3) is 0 Å². The van der Waals surface area contributed by atoms with E-state index in [0.29, 0.717) is 29.7 Å². The molecule has 122 valence electrons. The Hall–Kier alpha value is -2.34. The van der Waals surface area contributed by atoms with Crippen LogP contribution in [0.25, 0.3) is 0 Å². The Balaban J connectivity index is 2.19. The summed E-state index contributed by atoms with van der Waals surface area (Å²) in [6, 6.07) is 9.83. The Kier molecular flexibility index (Phi) is 6.17. The number of rotatable bonds is 6. The summed E-state index contributed by atoms with van der Waals surface area (Å²) in [7, 11) is 5.09. The van der Waals surface area contributed by atoms with Gasteiger partial charge in [-0.05, 0) is 41.5 Å². The van der Waals surface area contributed by atoms with Crippen molar-refractivity contribution in [3.05, 3.63) is 53.9 Å². The average molecular weight is 331 g/mol. The molecule has 0 fully saturated rings. The third-order valence-electron chi connectivity index (χ3n) is 3.42. The third kappa shape index (κ3) is 4.56. The lowest BCUT2D eigenvalue weighted by atomic mass is 10.1. The largest absolute Gasteiger partial charge is 0.493 e. The number of ether oxygens (including phenoxy) is 2. The molecule has 0 atom stereocenters. The highest BCUT2D eigenvalue weighted by atomic mass is 32.1. The molecule has 5 nitrogen and oxygen atoms in total. The summed E-state index contributed by atoms with van der Waals surface area (Å²) in [5, 5.41) is 3.72. The van der Waals surface area contributed by atoms with Crippen LogP contribution < -0.4 is 14.8 Å². The van der Waals surface area contributed by atoms with Crippen LogP contribution in [-0.4, -0.2) is 36.3 Å². The predicted molar refractivity (Wildman–Crippen MR) is 94.7 cm³/mol. The molecule has 0 radical (unpaired) electrons. The quantitative estimate of drug-likeness (QED) is 0.821. The van der Waals surface area contributed by atoms with E-state index >= 15 is 0 Å². The highest BCUT2D eigenvalue weighted by molar-refractivity contribution is 7.80. The molecular weight excluding hydrogens is 310 g/mol. The Morgan fingerprint density at radius 1 is 1.13 bits per heavy atom. The number of nitrogens with zero attached hydrogens (tertiary/aromatic N) is 2. The summed E-state index contributed by atoms with van der Waals surface area (Å²) in [5.74, 6) is 1.42. The lowest BCUT2D eigenvalue weighted by molar-refractivity contribution is 0.352. The lowest BCUT2D eigenvalue weighted by Gasteiger charge is -2.25. The second-order valence-electron chi connectivity index (χ2n) is 4.96. The summed E-state index contributed by atoms with van der Waals surface area (Å²) in [6.45, 7) is 1.34. The Morgan fingerprint density at radius 3 is 2.48 bits per heavy atom. The molecule has 1 heterocycles. The molecule has 2 rings (SSSR count). The highest BCUT2D eigenvalue weighted by Crippen LogP contribution is 2.28. The third-order valence-corrected chi connectivity index (χ3v) is 3.88. The van der Waals surface area contributed by atoms with Gasteiger partial charge in [-0.25, -0.2) is 0 Å². The van der Waals surface area contributed by atoms with E-state index in [2.05, 4.69) is 15.2 Å². The molecule has 23 heavy (non-hydrogen) atoms. The van der Waals surface area contributed by atoms with Crippen LogP contribution in [-0.2, 0) is 13.1 Å². The van der Waals surface area contributed by atoms with Crippen LogP contribution in [0, 0.1) is 0 Å². The first-order valence-corrected chi connectivity index (χ1v) is 7.65. The maximum absolute atomic E-state index is 5.42. The minimum atomic E-state index is 0.662. The molecule has 1 aromatic carbocycles. The van der Waals surface area contributed by atoms with Crippen molar-refractivity contribution in [2.24, 2.45) is 0 Å². The standard InChI is InChI=1S/C17H21N3O2S/c1-18-17(23)20(12-14-5-4-8-19-10-14)11-13-6-7-15(21-2)16(9-13)22-3/h4-10H,11-12H2,1-3H3,(H,18,23). The monoisotopic (exact) mass is 331 g/mol. The number of hydrogen-bond acceptors (Lipinski definition) is 4. The fourth-order valence-corrected chi connectivity index (χ4v) is 2.40. The summed E-state index contributed by atoms with van der Waals surface area (Å²) in [4.78, 5) is 6.23. The summed E-state index contributed by atoms with van der Waals surface area (Å²) < 4.78 is 10.6. The number of benzene rings is 1. The lowest BCUT2D eigenvalue weighted by Crippen LogP contribution is -2.36. The van der Waals surface area contributed by atoms with E-state index < -0.39 is 0 Å². The smallest absolute Gasteiger partial charge is 0.169 e.